The summed E-state index contributed by atoms with van der Waals surface area (Å²) in [6, 6.07) is 8.16. The van der Waals surface area contributed by atoms with Crippen molar-refractivity contribution in [1.29, 1.82) is 0 Å². The molecule has 0 spiro atoms. The minimum Gasteiger partial charge on any atom is -0.352 e. The molecular weight excluding hydrogens is 510 g/mol. The van der Waals surface area contributed by atoms with Crippen LogP contribution in [0.4, 0.5) is 14.5 Å². The molecule has 0 saturated carbocycles. The van der Waals surface area contributed by atoms with E-state index in [4.69, 9.17) is 0 Å². The number of imide groups is 1. The Hall–Kier alpha value is -3.89. The molecule has 9 nitrogen and oxygen atoms in total. The van der Waals surface area contributed by atoms with E-state index in [0.29, 0.717) is 29.5 Å². The van der Waals surface area contributed by atoms with E-state index >= 15 is 0 Å². The van der Waals surface area contributed by atoms with Crippen molar-refractivity contribution in [2.75, 3.05) is 18.0 Å². The van der Waals surface area contributed by atoms with Crippen LogP contribution in [0.5, 0.6) is 0 Å². The Morgan fingerprint density at radius 3 is 2.51 bits per heavy atom. The molecule has 2 aromatic carbocycles. The summed E-state index contributed by atoms with van der Waals surface area (Å²) < 4.78 is 26.5. The smallest absolute Gasteiger partial charge is 0.259 e. The molecule has 39 heavy (non-hydrogen) atoms. The van der Waals surface area contributed by atoms with Gasteiger partial charge in [0, 0.05) is 62.7 Å². The Labute approximate surface area is 223 Å². The zero-order valence-electron chi connectivity index (χ0n) is 21.4. The molecule has 2 saturated heterocycles. The maximum absolute atomic E-state index is 13.3. The lowest BCUT2D eigenvalue weighted by Crippen LogP contribution is -2.53. The van der Waals surface area contributed by atoms with Crippen LogP contribution in [0.3, 0.4) is 0 Å². The Morgan fingerprint density at radius 2 is 1.77 bits per heavy atom. The maximum Gasteiger partial charge on any atom is 0.259 e. The van der Waals surface area contributed by atoms with E-state index in [2.05, 4.69) is 10.6 Å². The van der Waals surface area contributed by atoms with Crippen LogP contribution in [-0.4, -0.2) is 59.5 Å². The van der Waals surface area contributed by atoms with Crippen molar-refractivity contribution >= 4 is 46.0 Å². The van der Waals surface area contributed by atoms with E-state index in [0.717, 1.165) is 10.9 Å². The molecule has 2 N–H and O–H groups in total. The van der Waals surface area contributed by atoms with Gasteiger partial charge in [-0.15, -0.1) is 0 Å². The van der Waals surface area contributed by atoms with Crippen LogP contribution >= 0.6 is 0 Å². The van der Waals surface area contributed by atoms with Crippen molar-refractivity contribution in [3.63, 3.8) is 0 Å². The van der Waals surface area contributed by atoms with Crippen LogP contribution in [0.2, 0.25) is 0 Å². The van der Waals surface area contributed by atoms with E-state index in [9.17, 15) is 32.8 Å². The van der Waals surface area contributed by atoms with Gasteiger partial charge in [0.1, 0.15) is 6.04 Å². The highest BCUT2D eigenvalue weighted by molar-refractivity contribution is 6.27. The van der Waals surface area contributed by atoms with Crippen LogP contribution in [-0.2, 0) is 25.7 Å². The predicted molar refractivity (Wildman–Crippen MR) is 138 cm³/mol. The zero-order chi connectivity index (χ0) is 27.7. The molecule has 206 valence electrons. The van der Waals surface area contributed by atoms with Crippen molar-refractivity contribution in [3.05, 3.63) is 41.5 Å². The fourth-order valence-corrected chi connectivity index (χ4v) is 5.54. The van der Waals surface area contributed by atoms with Crippen molar-refractivity contribution in [2.45, 2.75) is 69.9 Å². The van der Waals surface area contributed by atoms with Gasteiger partial charge in [0.25, 0.3) is 11.8 Å². The number of hydrogen-bond donors (Lipinski definition) is 2. The van der Waals surface area contributed by atoms with Crippen LogP contribution < -0.4 is 15.5 Å². The summed E-state index contributed by atoms with van der Waals surface area (Å²) in [5.74, 6) is -4.15. The van der Waals surface area contributed by atoms with Gasteiger partial charge < -0.3 is 10.2 Å². The third kappa shape index (κ3) is 5.48. The molecule has 0 aromatic heterocycles. The Morgan fingerprint density at radius 1 is 1.03 bits per heavy atom. The van der Waals surface area contributed by atoms with E-state index in [1.807, 2.05) is 12.1 Å². The fourth-order valence-electron chi connectivity index (χ4n) is 5.54. The molecule has 0 radical (unpaired) electrons. The number of benzene rings is 2. The average Bonchev–Trinajstić information content (AvgIpc) is 3.19. The number of nitrogens with zero attached hydrogens (tertiary/aromatic N) is 2. The van der Waals surface area contributed by atoms with Crippen molar-refractivity contribution in [1.82, 2.24) is 15.5 Å². The average molecular weight is 541 g/mol. The second-order valence-electron chi connectivity index (χ2n) is 10.3. The maximum atomic E-state index is 13.3. The number of anilines is 1. The summed E-state index contributed by atoms with van der Waals surface area (Å²) >= 11 is 0. The lowest BCUT2D eigenvalue weighted by molar-refractivity contribution is -0.137. The first-order valence-corrected chi connectivity index (χ1v) is 13.3. The van der Waals surface area contributed by atoms with Crippen LogP contribution in [0.25, 0.3) is 10.8 Å². The SMILES string of the molecule is O=C(CCCCC(=O)N1CCC(F)(F)CC1)NCc1ccc2c3c(cccc13)C(=O)N2C1CCC(=O)NC1=O. The summed E-state index contributed by atoms with van der Waals surface area (Å²) in [6.45, 7) is 0.377. The van der Waals surface area contributed by atoms with Crippen molar-refractivity contribution in [2.24, 2.45) is 0 Å². The molecular formula is C28H30F2N4O5. The molecule has 11 heteroatoms. The van der Waals surface area contributed by atoms with Crippen molar-refractivity contribution in [3.8, 4) is 0 Å². The van der Waals surface area contributed by atoms with E-state index in [1.54, 1.807) is 18.2 Å². The van der Waals surface area contributed by atoms with Gasteiger partial charge in [-0.05, 0) is 42.3 Å². The monoisotopic (exact) mass is 540 g/mol. The van der Waals surface area contributed by atoms with E-state index < -0.39 is 17.9 Å². The highest BCUT2D eigenvalue weighted by atomic mass is 19.3. The summed E-state index contributed by atoms with van der Waals surface area (Å²) in [5.41, 5.74) is 1.90. The number of hydrogen-bond acceptors (Lipinski definition) is 5. The summed E-state index contributed by atoms with van der Waals surface area (Å²) in [6.07, 6.45) is 1.26. The lowest BCUT2D eigenvalue weighted by atomic mass is 10.00. The molecule has 2 fully saturated rings. The second-order valence-corrected chi connectivity index (χ2v) is 10.3. The molecule has 5 rings (SSSR count). The normalized spacial score (nSPS) is 20.4. The predicted octanol–water partition coefficient (Wildman–Crippen LogP) is 3.04. The Balaban J connectivity index is 1.16. The third-order valence-electron chi connectivity index (χ3n) is 7.71. The van der Waals surface area contributed by atoms with Gasteiger partial charge in [-0.1, -0.05) is 18.2 Å². The molecule has 5 amide bonds. The number of likely N-dealkylation sites (tertiary alicyclic amines) is 1. The topological polar surface area (TPSA) is 116 Å². The molecule has 2 aromatic rings. The van der Waals surface area contributed by atoms with Gasteiger partial charge in [-0.3, -0.25) is 34.2 Å². The number of amides is 5. The van der Waals surface area contributed by atoms with Crippen molar-refractivity contribution < 1.29 is 32.8 Å². The second kappa shape index (κ2) is 10.7. The minimum atomic E-state index is -2.69. The first-order valence-electron chi connectivity index (χ1n) is 13.3. The van der Waals surface area contributed by atoms with Gasteiger partial charge in [-0.25, -0.2) is 8.78 Å². The molecule has 0 bridgehead atoms. The number of carbonyl (C=O) groups excluding carboxylic acids is 5. The van der Waals surface area contributed by atoms with Crippen LogP contribution in [0.1, 0.15) is 67.3 Å². The number of alkyl halides is 2. The van der Waals surface area contributed by atoms with Gasteiger partial charge in [0.15, 0.2) is 0 Å². The van der Waals surface area contributed by atoms with E-state index in [-0.39, 0.29) is 81.8 Å². The number of unbranched alkanes of at least 4 members (excludes halogenated alkanes) is 1. The largest absolute Gasteiger partial charge is 0.352 e. The highest BCUT2D eigenvalue weighted by Gasteiger charge is 2.41. The fraction of sp³-hybridized carbons (Fsp3) is 0.464. The Bertz CT molecular complexity index is 1350. The van der Waals surface area contributed by atoms with Gasteiger partial charge in [-0.2, -0.15) is 0 Å². The summed E-state index contributed by atoms with van der Waals surface area (Å²) in [4.78, 5) is 64.9. The van der Waals surface area contributed by atoms with Gasteiger partial charge in [0.05, 0.1) is 5.69 Å². The first kappa shape index (κ1) is 26.7. The minimum absolute atomic E-state index is 0.0671. The third-order valence-corrected chi connectivity index (χ3v) is 7.71. The van der Waals surface area contributed by atoms with E-state index in [1.165, 1.54) is 9.80 Å². The number of nitrogens with one attached hydrogen (secondary N) is 2. The standard InChI is InChI=1S/C28H30F2N4O5/c29-28(30)12-14-33(15-13-28)24(37)7-2-1-6-22(35)31-16-17-8-9-20-25-18(17)4-3-5-19(25)27(39)34(20)21-10-11-23(36)32-26(21)38/h3-5,8-9,21H,1-2,6-7,10-16H2,(H,31,35)(H,32,36,38). The molecule has 1 unspecified atom stereocenters. The van der Waals surface area contributed by atoms with Crippen LogP contribution in [0, 0.1) is 0 Å². The lowest BCUT2D eigenvalue weighted by Gasteiger charge is -2.31. The number of carbonyl (C=O) groups is 5. The molecule has 3 heterocycles. The van der Waals surface area contributed by atoms with Crippen LogP contribution in [0.15, 0.2) is 30.3 Å². The summed E-state index contributed by atoms with van der Waals surface area (Å²) in [7, 11) is 0. The molecule has 3 aliphatic rings. The Kier molecular flexibility index (Phi) is 7.33. The number of piperidine rings is 2. The molecule has 1 atom stereocenters. The number of rotatable bonds is 8. The quantitative estimate of drug-likeness (QED) is 0.395. The van der Waals surface area contributed by atoms with Gasteiger partial charge >= 0.3 is 0 Å². The molecule has 3 aliphatic heterocycles. The molecule has 0 aliphatic carbocycles. The van der Waals surface area contributed by atoms with Gasteiger partial charge in [0.2, 0.25) is 23.6 Å². The zero-order valence-corrected chi connectivity index (χ0v) is 21.4. The highest BCUT2D eigenvalue weighted by Crippen LogP contribution is 2.41. The first-order chi connectivity index (χ1) is 18.6. The number of halogens is 2. The summed E-state index contributed by atoms with van der Waals surface area (Å²) in [5, 5.41) is 6.71.